The molecule has 8 heteroatoms. The predicted molar refractivity (Wildman–Crippen MR) is 108 cm³/mol. The molecule has 2 rings (SSSR count). The molecule has 0 aliphatic heterocycles. The third-order valence-electron chi connectivity index (χ3n) is 4.62. The van der Waals surface area contributed by atoms with E-state index in [1.807, 2.05) is 30.3 Å². The molecule has 2 aromatic carbocycles. The molecule has 2 atom stereocenters. The summed E-state index contributed by atoms with van der Waals surface area (Å²) in [5, 5.41) is 4.70. The molecule has 0 unspecified atom stereocenters. The summed E-state index contributed by atoms with van der Waals surface area (Å²) in [6, 6.07) is 10.8. The standard InChI is InChI=1S/C22H25F2N3O3/c1-14(25-20(28)11-17-9-18(23)12-19(24)10-17)21(29)26-22(30)15(2)27(3)13-16-7-5-4-6-8-16/h4-10,12,14-15H,11,13H2,1-3H3,(H,25,28)(H,26,29,30)/t14-,15-/m0/s1. The van der Waals surface area contributed by atoms with Crippen LogP contribution in [-0.2, 0) is 27.3 Å². The predicted octanol–water partition coefficient (Wildman–Crippen LogP) is 2.18. The maximum atomic E-state index is 13.2. The van der Waals surface area contributed by atoms with E-state index in [1.165, 1.54) is 6.92 Å². The van der Waals surface area contributed by atoms with Gasteiger partial charge in [0.1, 0.15) is 17.7 Å². The number of carbonyl (C=O) groups excluding carboxylic acids is 3. The fraction of sp³-hybridized carbons (Fsp3) is 0.318. The van der Waals surface area contributed by atoms with Gasteiger partial charge in [0.05, 0.1) is 12.5 Å². The first-order valence-electron chi connectivity index (χ1n) is 9.49. The van der Waals surface area contributed by atoms with E-state index in [4.69, 9.17) is 0 Å². The first kappa shape index (κ1) is 23.2. The van der Waals surface area contributed by atoms with Gasteiger partial charge in [-0.3, -0.25) is 24.6 Å². The minimum absolute atomic E-state index is 0.143. The number of halogens is 2. The van der Waals surface area contributed by atoms with E-state index in [1.54, 1.807) is 18.9 Å². The third kappa shape index (κ3) is 7.04. The summed E-state index contributed by atoms with van der Waals surface area (Å²) >= 11 is 0. The molecule has 0 saturated carbocycles. The normalized spacial score (nSPS) is 12.9. The molecule has 160 valence electrons. The number of nitrogens with zero attached hydrogens (tertiary/aromatic N) is 1. The Balaban J connectivity index is 1.84. The van der Waals surface area contributed by atoms with Gasteiger partial charge in [0.2, 0.25) is 17.7 Å². The van der Waals surface area contributed by atoms with Crippen molar-refractivity contribution in [1.29, 1.82) is 0 Å². The van der Waals surface area contributed by atoms with Crippen molar-refractivity contribution in [3.8, 4) is 0 Å². The molecule has 3 amide bonds. The second kappa shape index (κ2) is 10.6. The molecule has 0 radical (unpaired) electrons. The molecule has 0 aliphatic rings. The summed E-state index contributed by atoms with van der Waals surface area (Å²) < 4.78 is 26.4. The van der Waals surface area contributed by atoms with E-state index in [9.17, 15) is 23.2 Å². The Bertz CT molecular complexity index is 886. The Morgan fingerprint density at radius 3 is 2.13 bits per heavy atom. The number of rotatable bonds is 8. The summed E-state index contributed by atoms with van der Waals surface area (Å²) in [4.78, 5) is 38.5. The molecule has 0 bridgehead atoms. The van der Waals surface area contributed by atoms with Crippen molar-refractivity contribution >= 4 is 17.7 Å². The number of benzene rings is 2. The molecule has 0 aliphatic carbocycles. The van der Waals surface area contributed by atoms with Gasteiger partial charge in [0.25, 0.3) is 0 Å². The summed E-state index contributed by atoms with van der Waals surface area (Å²) in [5.41, 5.74) is 1.17. The lowest BCUT2D eigenvalue weighted by Gasteiger charge is -2.24. The maximum Gasteiger partial charge on any atom is 0.248 e. The van der Waals surface area contributed by atoms with E-state index in [-0.39, 0.29) is 12.0 Å². The lowest BCUT2D eigenvalue weighted by Crippen LogP contribution is -2.51. The zero-order valence-corrected chi connectivity index (χ0v) is 17.1. The number of carbonyl (C=O) groups is 3. The van der Waals surface area contributed by atoms with Gasteiger partial charge >= 0.3 is 0 Å². The van der Waals surface area contributed by atoms with Gasteiger partial charge in [-0.1, -0.05) is 30.3 Å². The van der Waals surface area contributed by atoms with Crippen molar-refractivity contribution < 1.29 is 23.2 Å². The highest BCUT2D eigenvalue weighted by atomic mass is 19.1. The Labute approximate surface area is 174 Å². The molecular formula is C22H25F2N3O3. The molecule has 0 aromatic heterocycles. The van der Waals surface area contributed by atoms with Crippen LogP contribution in [0.1, 0.15) is 25.0 Å². The van der Waals surface area contributed by atoms with Crippen LogP contribution in [0.3, 0.4) is 0 Å². The number of hydrogen-bond acceptors (Lipinski definition) is 4. The van der Waals surface area contributed by atoms with Crippen LogP contribution in [0.5, 0.6) is 0 Å². The van der Waals surface area contributed by atoms with Gasteiger partial charge < -0.3 is 5.32 Å². The Morgan fingerprint density at radius 2 is 1.53 bits per heavy atom. The van der Waals surface area contributed by atoms with Crippen LogP contribution in [0, 0.1) is 11.6 Å². The highest BCUT2D eigenvalue weighted by Gasteiger charge is 2.23. The van der Waals surface area contributed by atoms with Crippen LogP contribution in [-0.4, -0.2) is 41.8 Å². The van der Waals surface area contributed by atoms with Gasteiger partial charge in [-0.15, -0.1) is 0 Å². The van der Waals surface area contributed by atoms with Crippen molar-refractivity contribution in [2.75, 3.05) is 7.05 Å². The summed E-state index contributed by atoms with van der Waals surface area (Å²) in [6.45, 7) is 3.62. The minimum atomic E-state index is -0.994. The smallest absolute Gasteiger partial charge is 0.248 e. The lowest BCUT2D eigenvalue weighted by atomic mass is 10.1. The van der Waals surface area contributed by atoms with Gasteiger partial charge in [0.15, 0.2) is 0 Å². The molecule has 0 spiro atoms. The van der Waals surface area contributed by atoms with Gasteiger partial charge in [-0.25, -0.2) is 8.78 Å². The highest BCUT2D eigenvalue weighted by molar-refractivity contribution is 6.00. The van der Waals surface area contributed by atoms with E-state index >= 15 is 0 Å². The average molecular weight is 417 g/mol. The number of nitrogens with one attached hydrogen (secondary N) is 2. The molecule has 0 heterocycles. The number of likely N-dealkylation sites (N-methyl/N-ethyl adjacent to an activating group) is 1. The monoisotopic (exact) mass is 417 g/mol. The van der Waals surface area contributed by atoms with E-state index in [0.29, 0.717) is 12.6 Å². The molecule has 6 nitrogen and oxygen atoms in total. The second-order valence-electron chi connectivity index (χ2n) is 7.17. The van der Waals surface area contributed by atoms with Crippen molar-refractivity contribution in [2.45, 2.75) is 38.9 Å². The second-order valence-corrected chi connectivity index (χ2v) is 7.17. The first-order chi connectivity index (χ1) is 14.2. The van der Waals surface area contributed by atoms with Crippen LogP contribution in [0.4, 0.5) is 8.78 Å². The molecule has 0 fully saturated rings. The quantitative estimate of drug-likeness (QED) is 0.690. The summed E-state index contributed by atoms with van der Waals surface area (Å²) in [5.74, 6) is -3.33. The first-order valence-corrected chi connectivity index (χ1v) is 9.49. The van der Waals surface area contributed by atoms with Crippen LogP contribution in [0.25, 0.3) is 0 Å². The van der Waals surface area contributed by atoms with Crippen LogP contribution >= 0.6 is 0 Å². The lowest BCUT2D eigenvalue weighted by molar-refractivity contribution is -0.135. The van der Waals surface area contributed by atoms with Crippen molar-refractivity contribution in [3.05, 3.63) is 71.3 Å². The number of amides is 3. The third-order valence-corrected chi connectivity index (χ3v) is 4.62. The number of hydrogen-bond donors (Lipinski definition) is 2. The molecule has 30 heavy (non-hydrogen) atoms. The van der Waals surface area contributed by atoms with E-state index in [2.05, 4.69) is 10.6 Å². The zero-order valence-electron chi connectivity index (χ0n) is 17.1. The molecule has 0 saturated heterocycles. The van der Waals surface area contributed by atoms with Crippen LogP contribution < -0.4 is 10.6 Å². The fourth-order valence-electron chi connectivity index (χ4n) is 2.80. The van der Waals surface area contributed by atoms with E-state index in [0.717, 1.165) is 17.7 Å². The van der Waals surface area contributed by atoms with Crippen LogP contribution in [0.15, 0.2) is 48.5 Å². The van der Waals surface area contributed by atoms with Crippen molar-refractivity contribution in [2.24, 2.45) is 0 Å². The molecule has 2 aromatic rings. The van der Waals surface area contributed by atoms with Gasteiger partial charge in [0, 0.05) is 12.6 Å². The highest BCUT2D eigenvalue weighted by Crippen LogP contribution is 2.09. The van der Waals surface area contributed by atoms with E-state index < -0.39 is 41.4 Å². The van der Waals surface area contributed by atoms with Crippen LogP contribution in [0.2, 0.25) is 0 Å². The summed E-state index contributed by atoms with van der Waals surface area (Å²) in [7, 11) is 1.77. The topological polar surface area (TPSA) is 78.5 Å². The largest absolute Gasteiger partial charge is 0.344 e. The van der Waals surface area contributed by atoms with Crippen molar-refractivity contribution in [3.63, 3.8) is 0 Å². The van der Waals surface area contributed by atoms with Gasteiger partial charge in [-0.05, 0) is 44.2 Å². The molecule has 2 N–H and O–H groups in total. The SMILES string of the molecule is C[C@H](NC(=O)Cc1cc(F)cc(F)c1)C(=O)NC(=O)[C@H](C)N(C)Cc1ccccc1. The molecular weight excluding hydrogens is 392 g/mol. The fourth-order valence-corrected chi connectivity index (χ4v) is 2.80. The Morgan fingerprint density at radius 1 is 0.933 bits per heavy atom. The maximum absolute atomic E-state index is 13.2. The Kier molecular flexibility index (Phi) is 8.17. The summed E-state index contributed by atoms with van der Waals surface area (Å²) in [6.07, 6.45) is -0.295. The Hall–Kier alpha value is -3.13. The van der Waals surface area contributed by atoms with Gasteiger partial charge in [-0.2, -0.15) is 0 Å². The number of imide groups is 1. The minimum Gasteiger partial charge on any atom is -0.344 e. The zero-order chi connectivity index (χ0) is 22.3. The average Bonchev–Trinajstić information content (AvgIpc) is 2.66. The van der Waals surface area contributed by atoms with Crippen molar-refractivity contribution in [1.82, 2.24) is 15.5 Å².